The van der Waals surface area contributed by atoms with E-state index in [2.05, 4.69) is 5.32 Å². The highest BCUT2D eigenvalue weighted by Crippen LogP contribution is 2.21. The van der Waals surface area contributed by atoms with Gasteiger partial charge in [0.25, 0.3) is 0 Å². The number of aliphatic carboxylic acids is 1. The molecule has 0 amide bonds. The Bertz CT molecular complexity index is 407. The van der Waals surface area contributed by atoms with E-state index in [-0.39, 0.29) is 11.8 Å². The van der Waals surface area contributed by atoms with Crippen LogP contribution in [0.25, 0.3) is 0 Å². The highest BCUT2D eigenvalue weighted by Gasteiger charge is 2.18. The maximum atomic E-state index is 11.1. The minimum Gasteiger partial charge on any atom is -0.507 e. The predicted molar refractivity (Wildman–Crippen MR) is 74.2 cm³/mol. The van der Waals surface area contributed by atoms with Crippen molar-refractivity contribution in [1.29, 1.82) is 0 Å². The molecule has 0 spiro atoms. The topological polar surface area (TPSA) is 69.6 Å². The molecular weight excluding hydrogens is 333 g/mol. The summed E-state index contributed by atoms with van der Waals surface area (Å²) in [6.07, 6.45) is 0.407. The molecule has 0 saturated carbocycles. The number of carbonyl (C=O) groups is 1. The summed E-state index contributed by atoms with van der Waals surface area (Å²) in [5.74, 6) is -0.639. The molecule has 1 aromatic rings. The van der Waals surface area contributed by atoms with Crippen molar-refractivity contribution >= 4 is 28.6 Å². The van der Waals surface area contributed by atoms with E-state index in [1.165, 1.54) is 0 Å². The number of phenols is 1. The van der Waals surface area contributed by atoms with E-state index in [0.717, 1.165) is 9.13 Å². The minimum absolute atomic E-state index is 0.118. The second-order valence-electron chi connectivity index (χ2n) is 4.20. The summed E-state index contributed by atoms with van der Waals surface area (Å²) in [5.41, 5.74) is 0.896. The van der Waals surface area contributed by atoms with Crippen LogP contribution in [0.2, 0.25) is 0 Å². The van der Waals surface area contributed by atoms with E-state index in [1.54, 1.807) is 18.2 Å². The number of carboxylic acids is 1. The first-order valence-corrected chi connectivity index (χ1v) is 6.44. The average Bonchev–Trinajstić information content (AvgIpc) is 2.21. The van der Waals surface area contributed by atoms with Crippen molar-refractivity contribution in [3.63, 3.8) is 0 Å². The van der Waals surface area contributed by atoms with Gasteiger partial charge < -0.3 is 15.5 Å². The lowest BCUT2D eigenvalue weighted by atomic mass is 10.1. The predicted octanol–water partition coefficient (Wildman–Crippen LogP) is 1.99. The zero-order chi connectivity index (χ0) is 13.0. The molecule has 0 aromatic heterocycles. The van der Waals surface area contributed by atoms with Crippen molar-refractivity contribution in [1.82, 2.24) is 5.32 Å². The van der Waals surface area contributed by atoms with Crippen LogP contribution < -0.4 is 5.32 Å². The van der Waals surface area contributed by atoms with Gasteiger partial charge in [0.2, 0.25) is 0 Å². The first-order chi connectivity index (χ1) is 7.90. The zero-order valence-electron chi connectivity index (χ0n) is 9.77. The Labute approximate surface area is 114 Å². The first-order valence-electron chi connectivity index (χ1n) is 5.36. The first kappa shape index (κ1) is 14.2. The molecule has 17 heavy (non-hydrogen) atoms. The van der Waals surface area contributed by atoms with Crippen molar-refractivity contribution in [3.8, 4) is 5.75 Å². The smallest absolute Gasteiger partial charge is 0.321 e. The Morgan fingerprint density at radius 3 is 2.59 bits per heavy atom. The molecule has 0 aliphatic heterocycles. The van der Waals surface area contributed by atoms with Crippen LogP contribution in [-0.2, 0) is 11.2 Å². The molecule has 0 aliphatic carbocycles. The van der Waals surface area contributed by atoms with E-state index in [0.29, 0.717) is 6.42 Å². The van der Waals surface area contributed by atoms with Gasteiger partial charge >= 0.3 is 5.97 Å². The van der Waals surface area contributed by atoms with Gasteiger partial charge in [0.1, 0.15) is 11.8 Å². The maximum Gasteiger partial charge on any atom is 0.321 e. The molecule has 0 fully saturated rings. The number of phenolic OH excluding ortho intramolecular Hbond substituents is 1. The van der Waals surface area contributed by atoms with E-state index < -0.39 is 12.0 Å². The number of carboxylic acid groups (broad SMARTS) is 1. The van der Waals surface area contributed by atoms with Crippen LogP contribution in [0.15, 0.2) is 18.2 Å². The molecule has 0 heterocycles. The largest absolute Gasteiger partial charge is 0.507 e. The SMILES string of the molecule is CC(C)N[C@@H](Cc1ccc(O)c(I)c1)C(=O)O. The average molecular weight is 349 g/mol. The molecule has 94 valence electrons. The van der Waals surface area contributed by atoms with Gasteiger partial charge in [0, 0.05) is 6.04 Å². The van der Waals surface area contributed by atoms with Crippen molar-refractivity contribution in [3.05, 3.63) is 27.3 Å². The lowest BCUT2D eigenvalue weighted by Gasteiger charge is -2.17. The van der Waals surface area contributed by atoms with E-state index >= 15 is 0 Å². The van der Waals surface area contributed by atoms with Gasteiger partial charge in [0.05, 0.1) is 3.57 Å². The quantitative estimate of drug-likeness (QED) is 0.712. The summed E-state index contributed by atoms with van der Waals surface area (Å²) in [5, 5.41) is 21.5. The zero-order valence-corrected chi connectivity index (χ0v) is 11.9. The molecule has 0 bridgehead atoms. The Balaban J connectivity index is 2.78. The van der Waals surface area contributed by atoms with Crippen molar-refractivity contribution < 1.29 is 15.0 Å². The Morgan fingerprint density at radius 1 is 1.47 bits per heavy atom. The molecule has 1 aromatic carbocycles. The van der Waals surface area contributed by atoms with Crippen molar-refractivity contribution in [2.24, 2.45) is 0 Å². The molecule has 1 atom stereocenters. The third-order valence-corrected chi connectivity index (χ3v) is 3.15. The highest BCUT2D eigenvalue weighted by atomic mass is 127. The van der Waals surface area contributed by atoms with Gasteiger partial charge in [-0.15, -0.1) is 0 Å². The second kappa shape index (κ2) is 6.20. The third-order valence-electron chi connectivity index (χ3n) is 2.28. The summed E-state index contributed by atoms with van der Waals surface area (Å²) in [6, 6.07) is 4.65. The summed E-state index contributed by atoms with van der Waals surface area (Å²) in [7, 11) is 0. The summed E-state index contributed by atoms with van der Waals surface area (Å²) < 4.78 is 0.730. The van der Waals surface area contributed by atoms with Crippen LogP contribution in [0.3, 0.4) is 0 Å². The Hall–Kier alpha value is -0.820. The van der Waals surface area contributed by atoms with Gasteiger partial charge in [-0.3, -0.25) is 4.79 Å². The number of benzene rings is 1. The molecule has 0 unspecified atom stereocenters. The second-order valence-corrected chi connectivity index (χ2v) is 5.36. The summed E-state index contributed by atoms with van der Waals surface area (Å²) in [4.78, 5) is 11.1. The van der Waals surface area contributed by atoms with Gasteiger partial charge in [-0.1, -0.05) is 19.9 Å². The van der Waals surface area contributed by atoms with Crippen LogP contribution in [-0.4, -0.2) is 28.3 Å². The fourth-order valence-corrected chi connectivity index (χ4v) is 2.11. The number of aromatic hydroxyl groups is 1. The van der Waals surface area contributed by atoms with Gasteiger partial charge in [-0.05, 0) is 46.7 Å². The van der Waals surface area contributed by atoms with E-state index in [4.69, 9.17) is 5.11 Å². The number of rotatable bonds is 5. The number of halogens is 1. The van der Waals surface area contributed by atoms with Gasteiger partial charge in [-0.25, -0.2) is 0 Å². The monoisotopic (exact) mass is 349 g/mol. The fraction of sp³-hybridized carbons (Fsp3) is 0.417. The molecule has 3 N–H and O–H groups in total. The van der Waals surface area contributed by atoms with E-state index in [1.807, 2.05) is 36.4 Å². The number of hydrogen-bond donors (Lipinski definition) is 3. The third kappa shape index (κ3) is 4.51. The molecular formula is C12H16INO3. The lowest BCUT2D eigenvalue weighted by Crippen LogP contribution is -2.42. The van der Waals surface area contributed by atoms with E-state index in [9.17, 15) is 9.90 Å². The molecule has 5 heteroatoms. The van der Waals surface area contributed by atoms with Crippen LogP contribution in [0.4, 0.5) is 0 Å². The van der Waals surface area contributed by atoms with Crippen LogP contribution in [0.5, 0.6) is 5.75 Å². The number of hydrogen-bond acceptors (Lipinski definition) is 3. The molecule has 0 aliphatic rings. The normalized spacial score (nSPS) is 12.7. The lowest BCUT2D eigenvalue weighted by molar-refractivity contribution is -0.139. The maximum absolute atomic E-state index is 11.1. The minimum atomic E-state index is -0.859. The molecule has 0 radical (unpaired) electrons. The molecule has 0 saturated heterocycles. The highest BCUT2D eigenvalue weighted by molar-refractivity contribution is 14.1. The summed E-state index contributed by atoms with van der Waals surface area (Å²) >= 11 is 2.02. The van der Waals surface area contributed by atoms with Crippen LogP contribution in [0.1, 0.15) is 19.4 Å². The van der Waals surface area contributed by atoms with Gasteiger partial charge in [-0.2, -0.15) is 0 Å². The van der Waals surface area contributed by atoms with Crippen LogP contribution in [0, 0.1) is 3.57 Å². The molecule has 1 rings (SSSR count). The standard InChI is InChI=1S/C12H16INO3/c1-7(2)14-10(12(16)17)6-8-3-4-11(15)9(13)5-8/h3-5,7,10,14-15H,6H2,1-2H3,(H,16,17)/t10-/m0/s1. The fourth-order valence-electron chi connectivity index (χ4n) is 1.53. The van der Waals surface area contributed by atoms with Crippen molar-refractivity contribution in [2.45, 2.75) is 32.4 Å². The van der Waals surface area contributed by atoms with Crippen LogP contribution >= 0.6 is 22.6 Å². The Morgan fingerprint density at radius 2 is 2.12 bits per heavy atom. The number of nitrogens with one attached hydrogen (secondary N) is 1. The molecule has 4 nitrogen and oxygen atoms in total. The Kier molecular flexibility index (Phi) is 5.20. The summed E-state index contributed by atoms with van der Waals surface area (Å²) in [6.45, 7) is 3.83. The van der Waals surface area contributed by atoms with Gasteiger partial charge in [0.15, 0.2) is 0 Å². The van der Waals surface area contributed by atoms with Crippen molar-refractivity contribution in [2.75, 3.05) is 0 Å².